The van der Waals surface area contributed by atoms with Crippen molar-refractivity contribution in [3.63, 3.8) is 0 Å². The molecule has 2 atom stereocenters. The molecule has 1 heterocycles. The summed E-state index contributed by atoms with van der Waals surface area (Å²) in [5, 5.41) is 3.91. The molecule has 0 spiro atoms. The lowest BCUT2D eigenvalue weighted by Crippen LogP contribution is -2.36. The Labute approximate surface area is 228 Å². The number of rotatable bonds is 7. The Kier molecular flexibility index (Phi) is 7.66. The highest BCUT2D eigenvalue weighted by Crippen LogP contribution is 2.47. The number of Topliss-reactive ketones (excluding diaryl/α,β-unsaturated/α-hetero) is 1. The highest BCUT2D eigenvalue weighted by Gasteiger charge is 2.42. The van der Waals surface area contributed by atoms with Crippen molar-refractivity contribution in [2.45, 2.75) is 38.0 Å². The first-order chi connectivity index (χ1) is 18.5. The van der Waals surface area contributed by atoms with Gasteiger partial charge >= 0.3 is 5.97 Å². The van der Waals surface area contributed by atoms with Crippen LogP contribution < -0.4 is 10.1 Å². The summed E-state index contributed by atoms with van der Waals surface area (Å²) in [4.78, 5) is 27.3. The predicted molar refractivity (Wildman–Crippen MR) is 148 cm³/mol. The molecule has 5 rings (SSSR count). The summed E-state index contributed by atoms with van der Waals surface area (Å²) < 4.78 is 11.0. The van der Waals surface area contributed by atoms with E-state index in [2.05, 4.69) is 5.32 Å². The third-order valence-electron chi connectivity index (χ3n) is 7.32. The topological polar surface area (TPSA) is 64.6 Å². The number of ketones is 1. The van der Waals surface area contributed by atoms with Gasteiger partial charge in [0.15, 0.2) is 5.78 Å². The van der Waals surface area contributed by atoms with Crippen LogP contribution >= 0.6 is 11.6 Å². The van der Waals surface area contributed by atoms with Gasteiger partial charge in [0.2, 0.25) is 0 Å². The van der Waals surface area contributed by atoms with Crippen molar-refractivity contribution in [1.82, 2.24) is 5.32 Å². The van der Waals surface area contributed by atoms with Gasteiger partial charge in [0.05, 0.1) is 19.3 Å². The maximum Gasteiger partial charge on any atom is 0.336 e. The monoisotopic (exact) mass is 527 g/mol. The van der Waals surface area contributed by atoms with Gasteiger partial charge in [-0.1, -0.05) is 72.3 Å². The number of carbonyl (C=O) groups excluding carboxylic acids is 2. The van der Waals surface area contributed by atoms with Crippen LogP contribution in [0.5, 0.6) is 5.75 Å². The highest BCUT2D eigenvalue weighted by atomic mass is 35.5. The van der Waals surface area contributed by atoms with Crippen molar-refractivity contribution in [3.8, 4) is 5.75 Å². The molecule has 0 unspecified atom stereocenters. The Balaban J connectivity index is 1.46. The second kappa shape index (κ2) is 11.3. The zero-order chi connectivity index (χ0) is 26.6. The predicted octanol–water partition coefficient (Wildman–Crippen LogP) is 6.50. The van der Waals surface area contributed by atoms with Gasteiger partial charge in [0, 0.05) is 40.7 Å². The van der Waals surface area contributed by atoms with Crippen molar-refractivity contribution >= 4 is 23.4 Å². The molecule has 194 valence electrons. The average molecular weight is 528 g/mol. The number of esters is 1. The number of ether oxygens (including phenoxy) is 2. The molecule has 0 fully saturated rings. The molecule has 2 aliphatic rings. The lowest BCUT2D eigenvalue weighted by atomic mass is 9.71. The van der Waals surface area contributed by atoms with E-state index in [0.29, 0.717) is 41.1 Å². The average Bonchev–Trinajstić information content (AvgIpc) is 2.93. The minimum atomic E-state index is -0.589. The number of halogens is 1. The fourth-order valence-electron chi connectivity index (χ4n) is 5.43. The minimum Gasteiger partial charge on any atom is -0.497 e. The lowest BCUT2D eigenvalue weighted by Gasteiger charge is -2.37. The van der Waals surface area contributed by atoms with Crippen molar-refractivity contribution in [2.75, 3.05) is 13.7 Å². The van der Waals surface area contributed by atoms with Crippen molar-refractivity contribution in [2.24, 2.45) is 0 Å². The molecule has 1 aliphatic heterocycles. The smallest absolute Gasteiger partial charge is 0.336 e. The van der Waals surface area contributed by atoms with E-state index in [0.717, 1.165) is 28.1 Å². The summed E-state index contributed by atoms with van der Waals surface area (Å²) >= 11 is 6.65. The quantitative estimate of drug-likeness (QED) is 0.355. The Morgan fingerprint density at radius 2 is 1.68 bits per heavy atom. The number of dihydropyridines is 1. The molecule has 1 N–H and O–H groups in total. The number of hydrogen-bond acceptors (Lipinski definition) is 5. The molecule has 38 heavy (non-hydrogen) atoms. The van der Waals surface area contributed by atoms with Crippen molar-refractivity contribution in [3.05, 3.63) is 123 Å². The van der Waals surface area contributed by atoms with Gasteiger partial charge in [0.25, 0.3) is 0 Å². The molecule has 0 bridgehead atoms. The number of nitrogens with one attached hydrogen (secondary N) is 1. The second-order valence-corrected chi connectivity index (χ2v) is 10.1. The summed E-state index contributed by atoms with van der Waals surface area (Å²) in [6.45, 7) is 2.11. The third kappa shape index (κ3) is 5.25. The van der Waals surface area contributed by atoms with Gasteiger partial charge in [0.1, 0.15) is 5.75 Å². The highest BCUT2D eigenvalue weighted by molar-refractivity contribution is 6.31. The fourth-order valence-corrected chi connectivity index (χ4v) is 5.67. The van der Waals surface area contributed by atoms with Crippen LogP contribution in [-0.4, -0.2) is 25.5 Å². The molecule has 0 saturated heterocycles. The normalized spacial score (nSPS) is 19.1. The summed E-state index contributed by atoms with van der Waals surface area (Å²) in [5.41, 5.74) is 5.45. The first kappa shape index (κ1) is 25.8. The third-order valence-corrected chi connectivity index (χ3v) is 7.66. The van der Waals surface area contributed by atoms with Crippen LogP contribution in [0.15, 0.2) is 101 Å². The molecule has 3 aromatic rings. The minimum absolute atomic E-state index is 0.00609. The molecule has 0 saturated carbocycles. The molecule has 6 heteroatoms. The molecule has 0 amide bonds. The van der Waals surface area contributed by atoms with E-state index in [1.165, 1.54) is 0 Å². The maximum atomic E-state index is 13.8. The maximum absolute atomic E-state index is 13.8. The summed E-state index contributed by atoms with van der Waals surface area (Å²) in [7, 11) is 1.64. The van der Waals surface area contributed by atoms with Crippen LogP contribution in [0.3, 0.4) is 0 Å². The van der Waals surface area contributed by atoms with E-state index >= 15 is 0 Å². The van der Waals surface area contributed by atoms with E-state index in [1.807, 2.05) is 79.7 Å². The number of carbonyl (C=O) groups is 2. The number of hydrogen-bond donors (Lipinski definition) is 1. The van der Waals surface area contributed by atoms with Gasteiger partial charge in [-0.2, -0.15) is 0 Å². The standard InChI is InChI=1S/C32H30ClNO4/c1-20-29(32(36)38-17-16-21-8-4-3-5-9-21)30(25-10-6-7-11-26(25)33)31-27(34-20)18-23(19-28(31)35)22-12-14-24(37-2)15-13-22/h3-15,23,30,34H,16-19H2,1-2H3/t23-,30-/m1/s1. The first-order valence-electron chi connectivity index (χ1n) is 12.8. The van der Waals surface area contributed by atoms with Gasteiger partial charge in [-0.15, -0.1) is 0 Å². The first-order valence-corrected chi connectivity index (χ1v) is 13.2. The van der Waals surface area contributed by atoms with E-state index in [-0.39, 0.29) is 18.3 Å². The number of methoxy groups -OCH3 is 1. The van der Waals surface area contributed by atoms with Crippen LogP contribution in [0.4, 0.5) is 0 Å². The van der Waals surface area contributed by atoms with Gasteiger partial charge < -0.3 is 14.8 Å². The Morgan fingerprint density at radius 1 is 0.974 bits per heavy atom. The van der Waals surface area contributed by atoms with Crippen molar-refractivity contribution in [1.29, 1.82) is 0 Å². The number of benzene rings is 3. The molecule has 0 aromatic heterocycles. The molecule has 5 nitrogen and oxygen atoms in total. The summed E-state index contributed by atoms with van der Waals surface area (Å²) in [6, 6.07) is 25.1. The molecule has 0 radical (unpaired) electrons. The Morgan fingerprint density at radius 3 is 2.39 bits per heavy atom. The fraction of sp³-hybridized carbons (Fsp3) is 0.250. The lowest BCUT2D eigenvalue weighted by molar-refractivity contribution is -0.139. The molecule has 1 aliphatic carbocycles. The van der Waals surface area contributed by atoms with Crippen molar-refractivity contribution < 1.29 is 19.1 Å². The van der Waals surface area contributed by atoms with Crippen LogP contribution in [0.1, 0.15) is 48.3 Å². The SMILES string of the molecule is COc1ccc([C@H]2CC(=O)C3=C(C2)NC(C)=C(C(=O)OCCc2ccccc2)[C@H]3c2ccccc2Cl)cc1. The molecular formula is C32H30ClNO4. The summed E-state index contributed by atoms with van der Waals surface area (Å²) in [5.74, 6) is -0.217. The van der Waals surface area contributed by atoms with E-state index in [4.69, 9.17) is 21.1 Å². The largest absolute Gasteiger partial charge is 0.497 e. The van der Waals surface area contributed by atoms with Gasteiger partial charge in [-0.3, -0.25) is 4.79 Å². The van der Waals surface area contributed by atoms with Crippen LogP contribution in [0.2, 0.25) is 5.02 Å². The van der Waals surface area contributed by atoms with Crippen LogP contribution in [0.25, 0.3) is 0 Å². The van der Waals surface area contributed by atoms with Gasteiger partial charge in [-0.05, 0) is 54.2 Å². The van der Waals surface area contributed by atoms with E-state index in [9.17, 15) is 9.59 Å². The molecular weight excluding hydrogens is 498 g/mol. The second-order valence-electron chi connectivity index (χ2n) is 9.68. The zero-order valence-corrected chi connectivity index (χ0v) is 22.3. The number of allylic oxidation sites excluding steroid dienone is 3. The Hall–Kier alpha value is -3.83. The molecule has 3 aromatic carbocycles. The van der Waals surface area contributed by atoms with Crippen LogP contribution in [-0.2, 0) is 20.7 Å². The van der Waals surface area contributed by atoms with Gasteiger partial charge in [-0.25, -0.2) is 4.79 Å². The Bertz CT molecular complexity index is 1410. The summed E-state index contributed by atoms with van der Waals surface area (Å²) in [6.07, 6.45) is 1.62. The van der Waals surface area contributed by atoms with E-state index < -0.39 is 11.9 Å². The van der Waals surface area contributed by atoms with E-state index in [1.54, 1.807) is 13.2 Å². The zero-order valence-electron chi connectivity index (χ0n) is 21.5. The van der Waals surface area contributed by atoms with Crippen LogP contribution in [0, 0.1) is 0 Å².